The van der Waals surface area contributed by atoms with Gasteiger partial charge in [-0.3, -0.25) is 0 Å². The van der Waals surface area contributed by atoms with Gasteiger partial charge in [0, 0.05) is 25.9 Å². The number of thioether (sulfide) groups is 3. The molecule has 3 aliphatic heterocycles. The maximum atomic E-state index is 5.58. The molecule has 3 aliphatic rings. The van der Waals surface area contributed by atoms with Crippen LogP contribution < -0.4 is 0 Å². The molecule has 19 heavy (non-hydrogen) atoms. The normalized spacial score (nSPS) is 28.2. The molecule has 0 atom stereocenters. The van der Waals surface area contributed by atoms with Crippen LogP contribution in [0.5, 0.6) is 0 Å². The molecule has 0 bridgehead atoms. The first kappa shape index (κ1) is 14.5. The molecular weight excluding hydrogens is 312 g/mol. The minimum absolute atomic E-state index is 0.603. The van der Waals surface area contributed by atoms with Gasteiger partial charge in [0.1, 0.15) is 21.3 Å². The molecule has 0 unspecified atom stereocenters. The molecule has 6 heteroatoms. The molecule has 2 nitrogen and oxygen atoms in total. The minimum atomic E-state index is 0.603. The average Bonchev–Trinajstić information content (AvgIpc) is 2.44. The predicted molar refractivity (Wildman–Crippen MR) is 93.4 cm³/mol. The average molecular weight is 334 g/mol. The summed E-state index contributed by atoms with van der Waals surface area (Å²) in [6.45, 7) is 4.89. The fourth-order valence-electron chi connectivity index (χ4n) is 2.68. The van der Waals surface area contributed by atoms with E-state index < -0.39 is 0 Å². The Morgan fingerprint density at radius 3 is 2.37 bits per heavy atom. The van der Waals surface area contributed by atoms with Gasteiger partial charge in [0.15, 0.2) is 0 Å². The van der Waals surface area contributed by atoms with E-state index in [2.05, 4.69) is 9.48 Å². The first-order valence-corrected chi connectivity index (χ1v) is 10.3. The van der Waals surface area contributed by atoms with Crippen LogP contribution in [-0.4, -0.2) is 48.3 Å². The highest BCUT2D eigenvalue weighted by molar-refractivity contribution is 8.61. The third kappa shape index (κ3) is 3.83. The second kappa shape index (κ2) is 7.05. The van der Waals surface area contributed by atoms with E-state index in [-0.39, 0.29) is 0 Å². The summed E-state index contributed by atoms with van der Waals surface area (Å²) in [5.41, 5.74) is 0. The number of nitrogens with zero attached hydrogens (tertiary/aromatic N) is 2. The fraction of sp³-hybridized carbons (Fsp3) is 0.846. The zero-order valence-electron chi connectivity index (χ0n) is 11.2. The zero-order chi connectivity index (χ0) is 13.1. The van der Waals surface area contributed by atoms with Crippen molar-refractivity contribution < 1.29 is 4.58 Å². The summed E-state index contributed by atoms with van der Waals surface area (Å²) >= 11 is 11.5. The number of hydrogen-bond acceptors (Lipinski definition) is 4. The second-order valence-electron chi connectivity index (χ2n) is 5.27. The maximum absolute atomic E-state index is 5.58. The number of thiocarbonyl (C=S) groups is 1. The lowest BCUT2D eigenvalue weighted by Gasteiger charge is -2.31. The number of likely N-dealkylation sites (tertiary alicyclic amines) is 1. The van der Waals surface area contributed by atoms with Crippen LogP contribution in [0, 0.1) is 0 Å². The highest BCUT2D eigenvalue weighted by atomic mass is 32.3. The van der Waals surface area contributed by atoms with Gasteiger partial charge in [-0.1, -0.05) is 24.0 Å². The van der Waals surface area contributed by atoms with Crippen LogP contribution in [0.3, 0.4) is 0 Å². The number of piperidine rings is 2. The highest BCUT2D eigenvalue weighted by Gasteiger charge is 2.37. The van der Waals surface area contributed by atoms with Crippen molar-refractivity contribution in [2.75, 3.05) is 26.2 Å². The summed E-state index contributed by atoms with van der Waals surface area (Å²) < 4.78 is 5.84. The van der Waals surface area contributed by atoms with E-state index in [1.54, 1.807) is 4.38 Å². The van der Waals surface area contributed by atoms with Crippen molar-refractivity contribution in [2.45, 2.75) is 42.4 Å². The molecule has 0 aromatic heterocycles. The van der Waals surface area contributed by atoms with Crippen molar-refractivity contribution in [1.29, 1.82) is 0 Å². The topological polar surface area (TPSA) is 6.25 Å². The van der Waals surface area contributed by atoms with Gasteiger partial charge in [-0.15, -0.1) is 0 Å². The van der Waals surface area contributed by atoms with Crippen LogP contribution in [-0.2, 0) is 0 Å². The molecule has 0 aliphatic carbocycles. The Hall–Kier alpha value is 0.610. The summed E-state index contributed by atoms with van der Waals surface area (Å²) in [6.07, 6.45) is 8.16. The molecule has 3 heterocycles. The minimum Gasteiger partial charge on any atom is -0.357 e. The lowest BCUT2D eigenvalue weighted by molar-refractivity contribution is -0.532. The number of hydrogen-bond donors (Lipinski definition) is 0. The van der Waals surface area contributed by atoms with Crippen LogP contribution in [0.2, 0.25) is 0 Å². The summed E-state index contributed by atoms with van der Waals surface area (Å²) in [7, 11) is 0. The molecule has 0 amide bonds. The van der Waals surface area contributed by atoms with Gasteiger partial charge in [0.05, 0.1) is 0 Å². The van der Waals surface area contributed by atoms with Gasteiger partial charge in [-0.25, -0.2) is 4.58 Å². The van der Waals surface area contributed by atoms with E-state index in [4.69, 9.17) is 12.2 Å². The largest absolute Gasteiger partial charge is 0.357 e. The Labute approximate surface area is 134 Å². The van der Waals surface area contributed by atoms with Crippen molar-refractivity contribution in [3.63, 3.8) is 0 Å². The van der Waals surface area contributed by atoms with Crippen molar-refractivity contribution in [1.82, 2.24) is 4.90 Å². The highest BCUT2D eigenvalue weighted by Crippen LogP contribution is 2.49. The Morgan fingerprint density at radius 1 is 1.05 bits per heavy atom. The molecule has 0 aromatic carbocycles. The van der Waals surface area contributed by atoms with E-state index in [1.165, 1.54) is 64.7 Å². The van der Waals surface area contributed by atoms with E-state index >= 15 is 0 Å². The Bertz CT molecular complexity index is 361. The monoisotopic (exact) mass is 333 g/mol. The fourth-order valence-corrected chi connectivity index (χ4v) is 7.70. The van der Waals surface area contributed by atoms with Gasteiger partial charge in [-0.05, 0) is 49.2 Å². The zero-order valence-corrected chi connectivity index (χ0v) is 14.4. The standard InChI is InChI=1S/C13H21N2S4/c16-11(14-7-3-1-4-8-14)17-13-18-12(19-13)15-9-5-2-6-10-15/h13H,1-10H2/q+1. The van der Waals surface area contributed by atoms with Gasteiger partial charge in [0.2, 0.25) is 0 Å². The van der Waals surface area contributed by atoms with Crippen molar-refractivity contribution >= 4 is 56.2 Å². The second-order valence-corrected chi connectivity index (χ2v) is 10.3. The molecule has 0 radical (unpaired) electrons. The van der Waals surface area contributed by atoms with E-state index in [0.29, 0.717) is 3.91 Å². The van der Waals surface area contributed by atoms with E-state index in [0.717, 1.165) is 4.32 Å². The van der Waals surface area contributed by atoms with Crippen molar-refractivity contribution in [2.24, 2.45) is 0 Å². The third-order valence-electron chi connectivity index (χ3n) is 3.82. The van der Waals surface area contributed by atoms with Crippen LogP contribution in [0.15, 0.2) is 0 Å². The molecule has 3 saturated heterocycles. The lowest BCUT2D eigenvalue weighted by atomic mass is 10.1. The Kier molecular flexibility index (Phi) is 5.40. The predicted octanol–water partition coefficient (Wildman–Crippen LogP) is 3.81. The molecule has 0 N–H and O–H groups in total. The Balaban J connectivity index is 1.44. The number of rotatable bonds is 1. The van der Waals surface area contributed by atoms with Crippen molar-refractivity contribution in [3.05, 3.63) is 0 Å². The summed E-state index contributed by atoms with van der Waals surface area (Å²) in [5.74, 6) is 0. The molecular formula is C13H21N2S4+. The smallest absolute Gasteiger partial charge is 0.273 e. The molecule has 0 saturated carbocycles. The Morgan fingerprint density at radius 2 is 1.68 bits per heavy atom. The molecule has 0 aromatic rings. The molecule has 0 spiro atoms. The van der Waals surface area contributed by atoms with Gasteiger partial charge in [-0.2, -0.15) is 0 Å². The maximum Gasteiger partial charge on any atom is 0.273 e. The molecule has 3 fully saturated rings. The van der Waals surface area contributed by atoms with E-state index in [1.807, 2.05) is 35.3 Å². The third-order valence-corrected chi connectivity index (χ3v) is 8.63. The van der Waals surface area contributed by atoms with Crippen LogP contribution in [0.4, 0.5) is 0 Å². The van der Waals surface area contributed by atoms with Crippen LogP contribution in [0.1, 0.15) is 38.5 Å². The summed E-state index contributed by atoms with van der Waals surface area (Å²) in [6, 6.07) is 0. The quantitative estimate of drug-likeness (QED) is 0.530. The summed E-state index contributed by atoms with van der Waals surface area (Å²) in [4.78, 5) is 2.41. The van der Waals surface area contributed by atoms with Gasteiger partial charge >= 0.3 is 0 Å². The first-order valence-electron chi connectivity index (χ1n) is 7.24. The lowest BCUT2D eigenvalue weighted by Crippen LogP contribution is -2.35. The van der Waals surface area contributed by atoms with Crippen LogP contribution >= 0.6 is 47.5 Å². The van der Waals surface area contributed by atoms with Gasteiger partial charge < -0.3 is 4.90 Å². The van der Waals surface area contributed by atoms with Crippen LogP contribution in [0.25, 0.3) is 0 Å². The van der Waals surface area contributed by atoms with Gasteiger partial charge in [0.25, 0.3) is 4.38 Å². The SMILES string of the molecule is S=C(SC1SC(=[N+]2CCCCC2)S1)N1CCCCC1. The summed E-state index contributed by atoms with van der Waals surface area (Å²) in [5, 5.41) is 0. The van der Waals surface area contributed by atoms with E-state index in [9.17, 15) is 0 Å². The van der Waals surface area contributed by atoms with Crippen molar-refractivity contribution in [3.8, 4) is 0 Å². The first-order chi connectivity index (χ1) is 9.33. The molecule has 106 valence electrons. The molecule has 3 rings (SSSR count).